The second kappa shape index (κ2) is 10.1. The Labute approximate surface area is 205 Å². The summed E-state index contributed by atoms with van der Waals surface area (Å²) in [6, 6.07) is 11.6. The second-order valence-electron chi connectivity index (χ2n) is 9.51. The van der Waals surface area contributed by atoms with Crippen LogP contribution in [0.25, 0.3) is 16.1 Å². The normalized spacial score (nSPS) is 14.3. The number of piperidine rings is 1. The van der Waals surface area contributed by atoms with Crippen molar-refractivity contribution >= 4 is 23.4 Å². The van der Waals surface area contributed by atoms with Crippen molar-refractivity contribution in [1.82, 2.24) is 20.1 Å². The van der Waals surface area contributed by atoms with E-state index in [0.717, 1.165) is 35.5 Å². The number of likely N-dealkylation sites (tertiary alicyclic amines) is 1. The van der Waals surface area contributed by atoms with Crippen LogP contribution in [-0.2, 0) is 4.74 Å². The first-order valence-corrected chi connectivity index (χ1v) is 11.6. The number of rotatable bonds is 5. The fraction of sp³-hybridized carbons (Fsp3) is 0.385. The number of nitrogens with zero attached hydrogens (tertiary/aromatic N) is 4. The predicted octanol–water partition coefficient (Wildman–Crippen LogP) is 5.89. The Kier molecular flexibility index (Phi) is 6.92. The molecule has 1 aliphatic heterocycles. The van der Waals surface area contributed by atoms with Gasteiger partial charge in [0.1, 0.15) is 17.5 Å². The van der Waals surface area contributed by atoms with Gasteiger partial charge in [0.15, 0.2) is 5.82 Å². The third-order valence-electron chi connectivity index (χ3n) is 5.85. The van der Waals surface area contributed by atoms with Crippen LogP contribution in [-0.4, -0.2) is 52.0 Å². The largest absolute Gasteiger partial charge is 0.496 e. The minimum atomic E-state index is -0.487. The van der Waals surface area contributed by atoms with Crippen molar-refractivity contribution in [3.8, 4) is 17.0 Å². The van der Waals surface area contributed by atoms with Crippen molar-refractivity contribution in [3.63, 3.8) is 0 Å². The molecule has 1 aliphatic rings. The fourth-order valence-corrected chi connectivity index (χ4v) is 4.10. The molecule has 0 saturated carbocycles. The third kappa shape index (κ3) is 5.90. The predicted molar refractivity (Wildman–Crippen MR) is 134 cm³/mol. The number of benzene rings is 1. The first-order chi connectivity index (χ1) is 16.8. The standard InChI is InChI=1S/C26H30N6O3/c1-26(2,3)35-25(33)32-12-10-17(11-13-32)18-6-8-20(22(14-18)34-5)21-15-24(31-30-21)29-19-7-9-23(27-4)28-16-19/h6-9,14-17H,10-13H2,1-3,5H3,(H2,29,30,31). The van der Waals surface area contributed by atoms with Gasteiger partial charge in [-0.2, -0.15) is 5.10 Å². The molecule has 35 heavy (non-hydrogen) atoms. The molecule has 0 radical (unpaired) electrons. The molecule has 0 bridgehead atoms. The summed E-state index contributed by atoms with van der Waals surface area (Å²) in [4.78, 5) is 21.5. The van der Waals surface area contributed by atoms with Gasteiger partial charge < -0.3 is 24.5 Å². The van der Waals surface area contributed by atoms with Crippen LogP contribution in [0, 0.1) is 6.57 Å². The lowest BCUT2D eigenvalue weighted by Gasteiger charge is -2.33. The molecule has 3 aromatic rings. The minimum Gasteiger partial charge on any atom is -0.496 e. The highest BCUT2D eigenvalue weighted by Crippen LogP contribution is 2.36. The average molecular weight is 475 g/mol. The van der Waals surface area contributed by atoms with Gasteiger partial charge in [0.2, 0.25) is 0 Å². The number of H-pyrrole nitrogens is 1. The molecule has 9 heteroatoms. The van der Waals surface area contributed by atoms with Gasteiger partial charge >= 0.3 is 6.09 Å². The van der Waals surface area contributed by atoms with Crippen LogP contribution < -0.4 is 10.1 Å². The van der Waals surface area contributed by atoms with Gasteiger partial charge in [-0.1, -0.05) is 12.6 Å². The number of anilines is 2. The molecule has 0 atom stereocenters. The van der Waals surface area contributed by atoms with Crippen LogP contribution in [0.15, 0.2) is 42.6 Å². The smallest absolute Gasteiger partial charge is 0.410 e. The van der Waals surface area contributed by atoms with E-state index in [1.807, 2.05) is 32.9 Å². The molecule has 182 valence electrons. The summed E-state index contributed by atoms with van der Waals surface area (Å²) in [6.45, 7) is 14.0. The molecule has 2 aromatic heterocycles. The highest BCUT2D eigenvalue weighted by atomic mass is 16.6. The fourth-order valence-electron chi connectivity index (χ4n) is 4.10. The van der Waals surface area contributed by atoms with E-state index in [9.17, 15) is 4.79 Å². The van der Waals surface area contributed by atoms with Crippen molar-refractivity contribution in [2.45, 2.75) is 45.1 Å². The number of aromatic nitrogens is 3. The molecule has 1 saturated heterocycles. The quantitative estimate of drug-likeness (QED) is 0.448. The number of amides is 1. The van der Waals surface area contributed by atoms with Crippen molar-refractivity contribution in [3.05, 3.63) is 59.6 Å². The molecule has 3 heterocycles. The highest BCUT2D eigenvalue weighted by molar-refractivity contribution is 5.72. The summed E-state index contributed by atoms with van der Waals surface area (Å²) in [5.41, 5.74) is 3.18. The van der Waals surface area contributed by atoms with Gasteiger partial charge in [0.05, 0.1) is 18.5 Å². The third-order valence-corrected chi connectivity index (χ3v) is 5.85. The van der Waals surface area contributed by atoms with E-state index in [2.05, 4.69) is 37.5 Å². The first kappa shape index (κ1) is 24.1. The van der Waals surface area contributed by atoms with Gasteiger partial charge in [-0.15, -0.1) is 4.98 Å². The zero-order valence-corrected chi connectivity index (χ0v) is 20.5. The molecular formula is C26H30N6O3. The van der Waals surface area contributed by atoms with E-state index in [4.69, 9.17) is 16.0 Å². The van der Waals surface area contributed by atoms with Crippen LogP contribution >= 0.6 is 0 Å². The van der Waals surface area contributed by atoms with Gasteiger partial charge in [-0.25, -0.2) is 4.79 Å². The monoisotopic (exact) mass is 474 g/mol. The Morgan fingerprint density at radius 2 is 1.97 bits per heavy atom. The van der Waals surface area contributed by atoms with E-state index in [1.165, 1.54) is 5.56 Å². The van der Waals surface area contributed by atoms with E-state index in [1.54, 1.807) is 30.3 Å². The SMILES string of the molecule is [C-]#[N+]c1ccc(Nc2cc(-c3ccc(C4CCN(C(=O)OC(C)(C)C)CC4)cc3OC)[nH]n2)cn1. The van der Waals surface area contributed by atoms with E-state index < -0.39 is 5.60 Å². The number of carbonyl (C=O) groups is 1. The summed E-state index contributed by atoms with van der Waals surface area (Å²) in [7, 11) is 1.66. The van der Waals surface area contributed by atoms with Crippen molar-refractivity contribution < 1.29 is 14.3 Å². The molecule has 9 nitrogen and oxygen atoms in total. The Balaban J connectivity index is 1.43. The molecule has 2 N–H and O–H groups in total. The molecule has 4 rings (SSSR count). The number of pyridine rings is 1. The summed E-state index contributed by atoms with van der Waals surface area (Å²) >= 11 is 0. The van der Waals surface area contributed by atoms with Crippen LogP contribution in [0.2, 0.25) is 0 Å². The number of ether oxygens (including phenoxy) is 2. The van der Waals surface area contributed by atoms with Gasteiger partial charge in [-0.05, 0) is 69.4 Å². The Bertz CT molecular complexity index is 1220. The maximum absolute atomic E-state index is 12.4. The average Bonchev–Trinajstić information content (AvgIpc) is 3.31. The number of aromatic amines is 1. The maximum Gasteiger partial charge on any atom is 0.410 e. The zero-order chi connectivity index (χ0) is 25.0. The first-order valence-electron chi connectivity index (χ1n) is 11.6. The summed E-state index contributed by atoms with van der Waals surface area (Å²) in [6.07, 6.45) is 3.11. The van der Waals surface area contributed by atoms with Crippen molar-refractivity contribution in [1.29, 1.82) is 0 Å². The lowest BCUT2D eigenvalue weighted by molar-refractivity contribution is 0.0205. The zero-order valence-electron chi connectivity index (χ0n) is 20.5. The summed E-state index contributed by atoms with van der Waals surface area (Å²) in [5.74, 6) is 2.09. The van der Waals surface area contributed by atoms with Crippen LogP contribution in [0.4, 0.5) is 22.1 Å². The number of hydrogen-bond acceptors (Lipinski definition) is 6. The summed E-state index contributed by atoms with van der Waals surface area (Å²) < 4.78 is 11.2. The topological polar surface area (TPSA) is 96.7 Å². The van der Waals surface area contributed by atoms with Gasteiger partial charge in [0.25, 0.3) is 5.82 Å². The van der Waals surface area contributed by atoms with E-state index in [0.29, 0.717) is 30.6 Å². The number of carbonyl (C=O) groups excluding carboxylic acids is 1. The van der Waals surface area contributed by atoms with Crippen LogP contribution in [0.1, 0.15) is 45.1 Å². The number of hydrogen-bond donors (Lipinski definition) is 2. The molecule has 0 unspecified atom stereocenters. The van der Waals surface area contributed by atoms with Crippen molar-refractivity contribution in [2.75, 3.05) is 25.5 Å². The lowest BCUT2D eigenvalue weighted by atomic mass is 9.88. The molecule has 1 amide bonds. The van der Waals surface area contributed by atoms with E-state index >= 15 is 0 Å². The van der Waals surface area contributed by atoms with Gasteiger partial charge in [-0.3, -0.25) is 5.10 Å². The lowest BCUT2D eigenvalue weighted by Crippen LogP contribution is -2.41. The van der Waals surface area contributed by atoms with Crippen LogP contribution in [0.5, 0.6) is 5.75 Å². The molecule has 0 aliphatic carbocycles. The number of methoxy groups -OCH3 is 1. The molecule has 1 fully saturated rings. The van der Waals surface area contributed by atoms with Gasteiger partial charge in [0, 0.05) is 24.7 Å². The maximum atomic E-state index is 12.4. The number of nitrogens with one attached hydrogen (secondary N) is 2. The Hall–Kier alpha value is -4.06. The highest BCUT2D eigenvalue weighted by Gasteiger charge is 2.28. The Morgan fingerprint density at radius 1 is 1.20 bits per heavy atom. The summed E-state index contributed by atoms with van der Waals surface area (Å²) in [5, 5.41) is 10.6. The minimum absolute atomic E-state index is 0.245. The molecule has 1 aromatic carbocycles. The van der Waals surface area contributed by atoms with E-state index in [-0.39, 0.29) is 6.09 Å². The molecular weight excluding hydrogens is 444 g/mol. The Morgan fingerprint density at radius 3 is 2.60 bits per heavy atom. The van der Waals surface area contributed by atoms with Crippen molar-refractivity contribution in [2.24, 2.45) is 0 Å². The molecule has 0 spiro atoms. The second-order valence-corrected chi connectivity index (χ2v) is 9.51. The van der Waals surface area contributed by atoms with Crippen LogP contribution in [0.3, 0.4) is 0 Å².